The van der Waals surface area contributed by atoms with Crippen LogP contribution in [0.5, 0.6) is 0 Å². The molecular weight excluding hydrogens is 372 g/mol. The molecule has 3 heterocycles. The number of carbonyl (C=O) groups is 2. The Balaban J connectivity index is 1.62. The summed E-state index contributed by atoms with van der Waals surface area (Å²) in [5, 5.41) is 14.2. The van der Waals surface area contributed by atoms with Crippen LogP contribution in [-0.4, -0.2) is 31.4 Å². The fourth-order valence-corrected chi connectivity index (χ4v) is 2.55. The maximum atomic E-state index is 12.4. The van der Waals surface area contributed by atoms with Crippen molar-refractivity contribution in [2.24, 2.45) is 0 Å². The van der Waals surface area contributed by atoms with Gasteiger partial charge in [0.2, 0.25) is 5.91 Å². The lowest BCUT2D eigenvalue weighted by molar-refractivity contribution is -0.116. The van der Waals surface area contributed by atoms with Crippen LogP contribution < -0.4 is 10.6 Å². The van der Waals surface area contributed by atoms with Crippen LogP contribution in [0.3, 0.4) is 0 Å². The summed E-state index contributed by atoms with van der Waals surface area (Å²) in [5.74, 6) is -0.0214. The molecule has 0 unspecified atom stereocenters. The third-order valence-electron chi connectivity index (χ3n) is 3.75. The first-order chi connectivity index (χ1) is 13.0. The monoisotopic (exact) mass is 390 g/mol. The average Bonchev–Trinajstić information content (AvgIpc) is 3.39. The molecular formula is C17H19ClN6O3. The van der Waals surface area contributed by atoms with E-state index < -0.39 is 5.91 Å². The second-order valence-electron chi connectivity index (χ2n) is 5.73. The Morgan fingerprint density at radius 3 is 2.81 bits per heavy atom. The Kier molecular flexibility index (Phi) is 5.92. The molecule has 0 aromatic carbocycles. The molecule has 2 amide bonds. The molecule has 0 atom stereocenters. The van der Waals surface area contributed by atoms with Gasteiger partial charge in [0.05, 0.1) is 29.7 Å². The summed E-state index contributed by atoms with van der Waals surface area (Å²) in [5.41, 5.74) is 0.510. The number of aromatic nitrogens is 4. The summed E-state index contributed by atoms with van der Waals surface area (Å²) >= 11 is 5.80. The van der Waals surface area contributed by atoms with Gasteiger partial charge in [0, 0.05) is 31.9 Å². The minimum absolute atomic E-state index is 0.152. The molecule has 0 aliphatic carbocycles. The fraction of sp³-hybridized carbons (Fsp3) is 0.294. The van der Waals surface area contributed by atoms with E-state index in [2.05, 4.69) is 20.8 Å². The molecule has 142 valence electrons. The average molecular weight is 391 g/mol. The molecule has 0 spiro atoms. The number of carbonyl (C=O) groups excluding carboxylic acids is 2. The second-order valence-corrected chi connectivity index (χ2v) is 6.17. The van der Waals surface area contributed by atoms with E-state index in [1.54, 1.807) is 33.9 Å². The Bertz CT molecular complexity index is 915. The first kappa shape index (κ1) is 18.7. The highest BCUT2D eigenvalue weighted by Crippen LogP contribution is 2.15. The molecule has 0 saturated heterocycles. The van der Waals surface area contributed by atoms with Crippen molar-refractivity contribution in [1.29, 1.82) is 0 Å². The summed E-state index contributed by atoms with van der Waals surface area (Å²) < 4.78 is 8.35. The SMILES string of the molecule is CCn1cc(NC(=O)CCn2cc(Cl)cn2)c(C(=O)NCc2ccco2)n1. The van der Waals surface area contributed by atoms with Crippen molar-refractivity contribution in [3.8, 4) is 0 Å². The van der Waals surface area contributed by atoms with Gasteiger partial charge in [-0.1, -0.05) is 11.6 Å². The molecule has 3 aromatic rings. The maximum absolute atomic E-state index is 12.4. The summed E-state index contributed by atoms with van der Waals surface area (Å²) in [6.45, 7) is 3.07. The van der Waals surface area contributed by atoms with E-state index in [0.29, 0.717) is 29.6 Å². The first-order valence-corrected chi connectivity index (χ1v) is 8.78. The second kappa shape index (κ2) is 8.54. The number of anilines is 1. The lowest BCUT2D eigenvalue weighted by Crippen LogP contribution is -2.25. The molecule has 27 heavy (non-hydrogen) atoms. The van der Waals surface area contributed by atoms with Crippen LogP contribution in [0, 0.1) is 0 Å². The molecule has 3 aromatic heterocycles. The van der Waals surface area contributed by atoms with Gasteiger partial charge in [-0.25, -0.2) is 0 Å². The standard InChI is InChI=1S/C17H19ClN6O3/c1-2-23-11-14(21-15(25)5-6-24-10-12(18)8-20-24)16(22-23)17(26)19-9-13-4-3-7-27-13/h3-4,7-8,10-11H,2,5-6,9H2,1H3,(H,19,26)(H,21,25). The number of hydrogen-bond acceptors (Lipinski definition) is 5. The summed E-state index contributed by atoms with van der Waals surface area (Å²) in [7, 11) is 0. The highest BCUT2D eigenvalue weighted by Gasteiger charge is 2.18. The quantitative estimate of drug-likeness (QED) is 0.613. The molecule has 10 heteroatoms. The lowest BCUT2D eigenvalue weighted by Gasteiger charge is -2.06. The zero-order chi connectivity index (χ0) is 19.2. The summed E-state index contributed by atoms with van der Waals surface area (Å²) in [4.78, 5) is 24.7. The Morgan fingerprint density at radius 2 is 2.15 bits per heavy atom. The predicted octanol–water partition coefficient (Wildman–Crippen LogP) is 2.30. The normalized spacial score (nSPS) is 10.7. The molecule has 0 aliphatic rings. The van der Waals surface area contributed by atoms with Crippen molar-refractivity contribution in [1.82, 2.24) is 24.9 Å². The summed E-state index contributed by atoms with van der Waals surface area (Å²) in [6, 6.07) is 3.50. The van der Waals surface area contributed by atoms with E-state index in [-0.39, 0.29) is 24.6 Å². The van der Waals surface area contributed by atoms with Crippen molar-refractivity contribution < 1.29 is 14.0 Å². The lowest BCUT2D eigenvalue weighted by atomic mass is 10.3. The topological polar surface area (TPSA) is 107 Å². The van der Waals surface area contributed by atoms with Crippen LogP contribution in [0.1, 0.15) is 29.6 Å². The van der Waals surface area contributed by atoms with Crippen molar-refractivity contribution >= 4 is 29.1 Å². The molecule has 3 rings (SSSR count). The molecule has 0 bridgehead atoms. The van der Waals surface area contributed by atoms with Gasteiger partial charge < -0.3 is 15.1 Å². The number of aryl methyl sites for hydroxylation is 2. The third-order valence-corrected chi connectivity index (χ3v) is 3.94. The van der Waals surface area contributed by atoms with Gasteiger partial charge >= 0.3 is 0 Å². The van der Waals surface area contributed by atoms with Gasteiger partial charge in [-0.15, -0.1) is 0 Å². The van der Waals surface area contributed by atoms with Crippen LogP contribution in [0.15, 0.2) is 41.4 Å². The van der Waals surface area contributed by atoms with Gasteiger partial charge in [0.25, 0.3) is 5.91 Å². The van der Waals surface area contributed by atoms with Crippen molar-refractivity contribution in [3.63, 3.8) is 0 Å². The van der Waals surface area contributed by atoms with Gasteiger partial charge in [0.15, 0.2) is 5.69 Å². The van der Waals surface area contributed by atoms with Crippen molar-refractivity contribution in [2.75, 3.05) is 5.32 Å². The number of nitrogens with zero attached hydrogens (tertiary/aromatic N) is 4. The Labute approximate surface area is 160 Å². The highest BCUT2D eigenvalue weighted by molar-refractivity contribution is 6.30. The van der Waals surface area contributed by atoms with Gasteiger partial charge in [-0.2, -0.15) is 10.2 Å². The number of hydrogen-bond donors (Lipinski definition) is 2. The fourth-order valence-electron chi connectivity index (χ4n) is 2.40. The van der Waals surface area contributed by atoms with E-state index >= 15 is 0 Å². The molecule has 0 aliphatic heterocycles. The van der Waals surface area contributed by atoms with E-state index in [9.17, 15) is 9.59 Å². The summed E-state index contributed by atoms with van der Waals surface area (Å²) in [6.07, 6.45) is 6.49. The van der Waals surface area contributed by atoms with Crippen LogP contribution in [0.2, 0.25) is 5.02 Å². The molecule has 0 fully saturated rings. The van der Waals surface area contributed by atoms with Crippen molar-refractivity contribution in [3.05, 3.63) is 53.5 Å². The van der Waals surface area contributed by atoms with E-state index in [0.717, 1.165) is 0 Å². The number of rotatable bonds is 8. The third kappa shape index (κ3) is 4.98. The number of halogens is 1. The van der Waals surface area contributed by atoms with E-state index in [1.807, 2.05) is 6.92 Å². The smallest absolute Gasteiger partial charge is 0.274 e. The molecule has 2 N–H and O–H groups in total. The Morgan fingerprint density at radius 1 is 1.30 bits per heavy atom. The molecule has 9 nitrogen and oxygen atoms in total. The van der Waals surface area contributed by atoms with Crippen LogP contribution in [-0.2, 0) is 24.4 Å². The van der Waals surface area contributed by atoms with Gasteiger partial charge in [-0.05, 0) is 19.1 Å². The largest absolute Gasteiger partial charge is 0.467 e. The van der Waals surface area contributed by atoms with E-state index in [4.69, 9.17) is 16.0 Å². The zero-order valence-corrected chi connectivity index (χ0v) is 15.4. The maximum Gasteiger partial charge on any atom is 0.274 e. The zero-order valence-electron chi connectivity index (χ0n) is 14.7. The highest BCUT2D eigenvalue weighted by atomic mass is 35.5. The minimum atomic E-state index is -0.396. The van der Waals surface area contributed by atoms with Gasteiger partial charge in [0.1, 0.15) is 5.76 Å². The number of nitrogens with one attached hydrogen (secondary N) is 2. The Hall–Kier alpha value is -3.07. The number of furan rings is 1. The minimum Gasteiger partial charge on any atom is -0.467 e. The first-order valence-electron chi connectivity index (χ1n) is 8.41. The van der Waals surface area contributed by atoms with E-state index in [1.165, 1.54) is 12.5 Å². The van der Waals surface area contributed by atoms with Crippen LogP contribution in [0.4, 0.5) is 5.69 Å². The van der Waals surface area contributed by atoms with Crippen molar-refractivity contribution in [2.45, 2.75) is 33.0 Å². The van der Waals surface area contributed by atoms with Gasteiger partial charge in [-0.3, -0.25) is 19.0 Å². The predicted molar refractivity (Wildman–Crippen MR) is 98.3 cm³/mol. The van der Waals surface area contributed by atoms with Crippen LogP contribution in [0.25, 0.3) is 0 Å². The number of amides is 2. The van der Waals surface area contributed by atoms with Crippen LogP contribution >= 0.6 is 11.6 Å². The molecule has 0 radical (unpaired) electrons. The molecule has 0 saturated carbocycles.